The van der Waals surface area contributed by atoms with Crippen molar-refractivity contribution in [3.8, 4) is 0 Å². The molecule has 5 nitrogen and oxygen atoms in total. The van der Waals surface area contributed by atoms with Crippen LogP contribution in [-0.4, -0.2) is 37.2 Å². The van der Waals surface area contributed by atoms with Crippen molar-refractivity contribution in [3.63, 3.8) is 0 Å². The second kappa shape index (κ2) is 4.97. The van der Waals surface area contributed by atoms with Crippen LogP contribution in [0.1, 0.15) is 0 Å². The van der Waals surface area contributed by atoms with Crippen LogP contribution in [-0.2, 0) is 0 Å². The van der Waals surface area contributed by atoms with Crippen LogP contribution in [0.5, 0.6) is 0 Å². The summed E-state index contributed by atoms with van der Waals surface area (Å²) in [5.74, 6) is 0.667. The van der Waals surface area contributed by atoms with Gasteiger partial charge in [0.25, 0.3) is 0 Å². The molecule has 0 aliphatic rings. The Kier molecular flexibility index (Phi) is 3.91. The van der Waals surface area contributed by atoms with Gasteiger partial charge in [-0.15, -0.1) is 0 Å². The fourth-order valence-electron chi connectivity index (χ4n) is 1.06. The zero-order valence-electron chi connectivity index (χ0n) is 8.29. The zero-order valence-corrected chi connectivity index (χ0v) is 9.04. The average Bonchev–Trinajstić information content (AvgIpc) is 2.18. The molecule has 0 aliphatic heterocycles. The van der Waals surface area contributed by atoms with Gasteiger partial charge in [0.05, 0.1) is 0 Å². The van der Waals surface area contributed by atoms with E-state index in [4.69, 9.17) is 17.3 Å². The second-order valence-corrected chi connectivity index (χ2v) is 3.28. The maximum atomic E-state index is 5.77. The summed E-state index contributed by atoms with van der Waals surface area (Å²) in [6.45, 7) is 1.67. The van der Waals surface area contributed by atoms with Gasteiger partial charge in [0.2, 0.25) is 0 Å². The number of nitrogens with two attached hydrogens (primary N) is 1. The minimum absolute atomic E-state index is 0.298. The molecular weight excluding hydrogens is 202 g/mol. The van der Waals surface area contributed by atoms with Crippen LogP contribution in [0.15, 0.2) is 6.33 Å². The van der Waals surface area contributed by atoms with E-state index in [-0.39, 0.29) is 0 Å². The predicted molar refractivity (Wildman–Crippen MR) is 58.7 cm³/mol. The number of halogens is 1. The highest BCUT2D eigenvalue weighted by Crippen LogP contribution is 2.24. The number of nitrogen functional groups attached to an aromatic ring is 1. The Hall–Kier alpha value is -1.07. The Morgan fingerprint density at radius 1 is 1.57 bits per heavy atom. The molecule has 0 amide bonds. The first-order chi connectivity index (χ1) is 6.66. The number of likely N-dealkylation sites (N-methyl/N-ethyl adjacent to an activating group) is 2. The molecule has 0 saturated heterocycles. The van der Waals surface area contributed by atoms with Crippen molar-refractivity contribution in [2.75, 3.05) is 37.8 Å². The number of rotatable bonds is 4. The molecule has 0 radical (unpaired) electrons. The first-order valence-electron chi connectivity index (χ1n) is 4.28. The lowest BCUT2D eigenvalue weighted by molar-refractivity contribution is 0.761. The lowest BCUT2D eigenvalue weighted by Crippen LogP contribution is -2.28. The summed E-state index contributed by atoms with van der Waals surface area (Å²) in [5.41, 5.74) is 6.16. The summed E-state index contributed by atoms with van der Waals surface area (Å²) in [6.07, 6.45) is 1.41. The van der Waals surface area contributed by atoms with Crippen molar-refractivity contribution >= 4 is 23.1 Å². The second-order valence-electron chi connectivity index (χ2n) is 2.93. The molecule has 1 aromatic heterocycles. The first-order valence-corrected chi connectivity index (χ1v) is 4.66. The van der Waals surface area contributed by atoms with Gasteiger partial charge in [0.1, 0.15) is 12.0 Å². The molecular formula is C8H14ClN5. The van der Waals surface area contributed by atoms with Gasteiger partial charge in [-0.3, -0.25) is 0 Å². The van der Waals surface area contributed by atoms with Gasteiger partial charge >= 0.3 is 0 Å². The molecule has 0 atom stereocenters. The number of hydrogen-bond donors (Lipinski definition) is 2. The summed E-state index contributed by atoms with van der Waals surface area (Å²) < 4.78 is 0. The van der Waals surface area contributed by atoms with Gasteiger partial charge in [-0.1, -0.05) is 11.6 Å². The molecule has 0 aliphatic carbocycles. The number of nitrogens with zero attached hydrogens (tertiary/aromatic N) is 3. The normalized spacial score (nSPS) is 10.2. The third-order valence-corrected chi connectivity index (χ3v) is 2.17. The lowest BCUT2D eigenvalue weighted by Gasteiger charge is -2.19. The molecule has 0 saturated carbocycles. The smallest absolute Gasteiger partial charge is 0.157 e. The highest BCUT2D eigenvalue weighted by atomic mass is 35.5. The molecule has 3 N–H and O–H groups in total. The van der Waals surface area contributed by atoms with Crippen LogP contribution in [0.3, 0.4) is 0 Å². The van der Waals surface area contributed by atoms with Crippen molar-refractivity contribution in [2.45, 2.75) is 0 Å². The highest BCUT2D eigenvalue weighted by molar-refractivity contribution is 6.32. The Bertz CT molecular complexity index is 304. The van der Waals surface area contributed by atoms with Gasteiger partial charge in [-0.05, 0) is 7.05 Å². The summed E-state index contributed by atoms with van der Waals surface area (Å²) in [4.78, 5) is 9.79. The number of anilines is 2. The van der Waals surface area contributed by atoms with Crippen molar-refractivity contribution in [2.24, 2.45) is 0 Å². The van der Waals surface area contributed by atoms with Crippen LogP contribution in [0, 0.1) is 0 Å². The van der Waals surface area contributed by atoms with E-state index in [2.05, 4.69) is 15.3 Å². The molecule has 6 heteroatoms. The summed E-state index contributed by atoms with van der Waals surface area (Å²) in [6, 6.07) is 0. The predicted octanol–water partition coefficient (Wildman–Crippen LogP) is 0.368. The van der Waals surface area contributed by atoms with Crippen LogP contribution < -0.4 is 16.0 Å². The fourth-order valence-corrected chi connectivity index (χ4v) is 1.18. The molecule has 0 fully saturated rings. The van der Waals surface area contributed by atoms with E-state index < -0.39 is 0 Å². The number of nitrogens with one attached hydrogen (secondary N) is 1. The monoisotopic (exact) mass is 215 g/mol. The third-order valence-electron chi connectivity index (χ3n) is 1.87. The fraction of sp³-hybridized carbons (Fsp3) is 0.500. The van der Waals surface area contributed by atoms with Crippen LogP contribution in [0.2, 0.25) is 5.15 Å². The Balaban J connectivity index is 2.79. The summed E-state index contributed by atoms with van der Waals surface area (Å²) >= 11 is 5.77. The topological polar surface area (TPSA) is 67.1 Å². The van der Waals surface area contributed by atoms with Gasteiger partial charge in [-0.2, -0.15) is 0 Å². The molecule has 1 aromatic rings. The lowest BCUT2D eigenvalue weighted by atomic mass is 10.4. The van der Waals surface area contributed by atoms with Crippen LogP contribution in [0.25, 0.3) is 0 Å². The van der Waals surface area contributed by atoms with Gasteiger partial charge in [-0.25, -0.2) is 9.97 Å². The van der Waals surface area contributed by atoms with Crippen molar-refractivity contribution in [3.05, 3.63) is 11.5 Å². The van der Waals surface area contributed by atoms with Crippen molar-refractivity contribution in [1.82, 2.24) is 15.3 Å². The van der Waals surface area contributed by atoms with Crippen molar-refractivity contribution < 1.29 is 0 Å². The van der Waals surface area contributed by atoms with E-state index >= 15 is 0 Å². The van der Waals surface area contributed by atoms with Gasteiger partial charge < -0.3 is 16.0 Å². The number of hydrogen-bond acceptors (Lipinski definition) is 5. The molecule has 0 unspecified atom stereocenters. The third kappa shape index (κ3) is 2.46. The largest absolute Gasteiger partial charge is 0.393 e. The minimum atomic E-state index is 0.298. The Morgan fingerprint density at radius 2 is 2.29 bits per heavy atom. The van der Waals surface area contributed by atoms with Crippen LogP contribution in [0.4, 0.5) is 11.5 Å². The van der Waals surface area contributed by atoms with E-state index in [1.807, 2.05) is 19.0 Å². The summed E-state index contributed by atoms with van der Waals surface area (Å²) in [7, 11) is 3.80. The quantitative estimate of drug-likeness (QED) is 0.711. The molecule has 0 bridgehead atoms. The average molecular weight is 216 g/mol. The van der Waals surface area contributed by atoms with E-state index in [0.29, 0.717) is 16.7 Å². The molecule has 78 valence electrons. The van der Waals surface area contributed by atoms with Crippen LogP contribution >= 0.6 is 11.6 Å². The maximum Gasteiger partial charge on any atom is 0.157 e. The van der Waals surface area contributed by atoms with Crippen molar-refractivity contribution in [1.29, 1.82) is 0 Å². The Labute approximate surface area is 88.3 Å². The first kappa shape index (κ1) is 11.0. The minimum Gasteiger partial charge on any atom is -0.393 e. The SMILES string of the molecule is CNCCN(C)c1ncnc(Cl)c1N. The molecule has 1 heterocycles. The van der Waals surface area contributed by atoms with E-state index in [9.17, 15) is 0 Å². The number of aromatic nitrogens is 2. The highest BCUT2D eigenvalue weighted by Gasteiger charge is 2.09. The van der Waals surface area contributed by atoms with E-state index in [1.165, 1.54) is 6.33 Å². The zero-order chi connectivity index (χ0) is 10.6. The molecule has 0 spiro atoms. The molecule has 1 rings (SSSR count). The summed E-state index contributed by atoms with van der Waals surface area (Å²) in [5, 5.41) is 3.34. The maximum absolute atomic E-state index is 5.77. The van der Waals surface area contributed by atoms with E-state index in [0.717, 1.165) is 13.1 Å². The standard InChI is InChI=1S/C8H14ClN5/c1-11-3-4-14(2)8-6(10)7(9)12-5-13-8/h5,11H,3-4,10H2,1-2H3. The molecule has 0 aromatic carbocycles. The molecule has 14 heavy (non-hydrogen) atoms. The van der Waals surface area contributed by atoms with Gasteiger partial charge in [0, 0.05) is 20.1 Å². The Morgan fingerprint density at radius 3 is 2.93 bits per heavy atom. The van der Waals surface area contributed by atoms with Gasteiger partial charge in [0.15, 0.2) is 11.0 Å². The van der Waals surface area contributed by atoms with E-state index in [1.54, 1.807) is 0 Å².